The van der Waals surface area contributed by atoms with Gasteiger partial charge in [0.25, 0.3) is 0 Å². The molecule has 18 heavy (non-hydrogen) atoms. The summed E-state index contributed by atoms with van der Waals surface area (Å²) in [5.74, 6) is 0. The van der Waals surface area contributed by atoms with E-state index in [4.69, 9.17) is 0 Å². The fraction of sp³-hybridized carbons (Fsp3) is 0.500. The second kappa shape index (κ2) is 4.34. The highest BCUT2D eigenvalue weighted by molar-refractivity contribution is 5.33. The van der Waals surface area contributed by atoms with Crippen LogP contribution in [0.3, 0.4) is 0 Å². The molecule has 2 heterocycles. The first-order valence-corrected chi connectivity index (χ1v) is 6.61. The molecule has 2 aromatic rings. The average molecular weight is 244 g/mol. The lowest BCUT2D eigenvalue weighted by molar-refractivity contribution is 0.497. The number of rotatable bonds is 3. The van der Waals surface area contributed by atoms with Crippen molar-refractivity contribution in [2.75, 3.05) is 0 Å². The monoisotopic (exact) mass is 244 g/mol. The molecule has 2 rings (SSSR count). The Kier molecular flexibility index (Phi) is 3.14. The second-order valence-electron chi connectivity index (χ2n) is 6.79. The molecule has 0 aliphatic rings. The number of hydrogen-bond acceptors (Lipinski definition) is 0. The zero-order chi connectivity index (χ0) is 13.4. The summed E-state index contributed by atoms with van der Waals surface area (Å²) in [6.45, 7) is 11.4. The van der Waals surface area contributed by atoms with Gasteiger partial charge in [-0.1, -0.05) is 34.6 Å². The molecule has 0 saturated carbocycles. The summed E-state index contributed by atoms with van der Waals surface area (Å²) in [6, 6.07) is 4.24. The van der Waals surface area contributed by atoms with Crippen LogP contribution in [0.5, 0.6) is 0 Å². The van der Waals surface area contributed by atoms with Crippen LogP contribution < -0.4 is 0 Å². The van der Waals surface area contributed by atoms with E-state index in [1.165, 1.54) is 16.8 Å². The smallest absolute Gasteiger partial charge is 0.0207 e. The van der Waals surface area contributed by atoms with Gasteiger partial charge in [0.15, 0.2) is 0 Å². The number of aromatic amines is 2. The van der Waals surface area contributed by atoms with Crippen molar-refractivity contribution in [3.8, 4) is 0 Å². The van der Waals surface area contributed by atoms with E-state index in [-0.39, 0.29) is 10.8 Å². The molecule has 0 radical (unpaired) electrons. The molecule has 0 bridgehead atoms. The highest BCUT2D eigenvalue weighted by atomic mass is 14.7. The van der Waals surface area contributed by atoms with Crippen LogP contribution in [0.4, 0.5) is 0 Å². The van der Waals surface area contributed by atoms with Crippen molar-refractivity contribution in [2.24, 2.45) is 0 Å². The lowest BCUT2D eigenvalue weighted by Gasteiger charge is -2.26. The summed E-state index contributed by atoms with van der Waals surface area (Å²) in [6.07, 6.45) is 7.33. The largest absolute Gasteiger partial charge is 0.367 e. The average Bonchev–Trinajstić information content (AvgIpc) is 2.83. The molecule has 2 heteroatoms. The van der Waals surface area contributed by atoms with Crippen LogP contribution in [0.2, 0.25) is 0 Å². The molecular formula is C16H24N2. The molecular weight excluding hydrogens is 220 g/mol. The third-order valence-electron chi connectivity index (χ3n) is 3.60. The first-order valence-electron chi connectivity index (χ1n) is 6.61. The molecule has 98 valence electrons. The molecule has 2 nitrogen and oxygen atoms in total. The molecule has 0 atom stereocenters. The third-order valence-corrected chi connectivity index (χ3v) is 3.60. The highest BCUT2D eigenvalue weighted by Crippen LogP contribution is 2.32. The summed E-state index contributed by atoms with van der Waals surface area (Å²) in [4.78, 5) is 6.60. The minimum Gasteiger partial charge on any atom is -0.367 e. The van der Waals surface area contributed by atoms with Gasteiger partial charge in [0.2, 0.25) is 0 Å². The zero-order valence-corrected chi connectivity index (χ0v) is 12.1. The second-order valence-corrected chi connectivity index (χ2v) is 6.79. The van der Waals surface area contributed by atoms with Gasteiger partial charge in [0.05, 0.1) is 0 Å². The van der Waals surface area contributed by atoms with Crippen molar-refractivity contribution in [1.29, 1.82) is 0 Å². The van der Waals surface area contributed by atoms with E-state index in [1.54, 1.807) is 0 Å². The van der Waals surface area contributed by atoms with E-state index in [9.17, 15) is 0 Å². The molecule has 0 aromatic carbocycles. The van der Waals surface area contributed by atoms with E-state index >= 15 is 0 Å². The summed E-state index contributed by atoms with van der Waals surface area (Å²) >= 11 is 0. The summed E-state index contributed by atoms with van der Waals surface area (Å²) in [7, 11) is 0. The molecule has 2 N–H and O–H groups in total. The lowest BCUT2D eigenvalue weighted by Crippen LogP contribution is -2.23. The minimum atomic E-state index is 0.131. The van der Waals surface area contributed by atoms with Crippen molar-refractivity contribution >= 4 is 0 Å². The fourth-order valence-electron chi connectivity index (χ4n) is 2.56. The molecule has 0 spiro atoms. The van der Waals surface area contributed by atoms with Gasteiger partial charge in [0, 0.05) is 29.7 Å². The maximum Gasteiger partial charge on any atom is 0.0207 e. The van der Waals surface area contributed by atoms with Crippen LogP contribution in [0.15, 0.2) is 30.7 Å². The Balaban J connectivity index is 2.28. The first kappa shape index (κ1) is 13.0. The van der Waals surface area contributed by atoms with Crippen LogP contribution in [0, 0.1) is 0 Å². The molecule has 0 amide bonds. The van der Waals surface area contributed by atoms with Gasteiger partial charge in [-0.3, -0.25) is 0 Å². The summed E-state index contributed by atoms with van der Waals surface area (Å²) < 4.78 is 0. The van der Waals surface area contributed by atoms with E-state index in [0.29, 0.717) is 0 Å². The van der Waals surface area contributed by atoms with E-state index in [1.807, 2.05) is 6.20 Å². The SMILES string of the molecule is CC(C)(C)c1c[nH]cc1CC(C)(C)c1ccc[nH]1. The van der Waals surface area contributed by atoms with Crippen LogP contribution in [0.1, 0.15) is 51.4 Å². The Morgan fingerprint density at radius 1 is 1.06 bits per heavy atom. The van der Waals surface area contributed by atoms with E-state index < -0.39 is 0 Å². The zero-order valence-electron chi connectivity index (χ0n) is 12.1. The Bertz CT molecular complexity index is 495. The van der Waals surface area contributed by atoms with Gasteiger partial charge in [-0.05, 0) is 35.1 Å². The third kappa shape index (κ3) is 2.53. The topological polar surface area (TPSA) is 31.6 Å². The summed E-state index contributed by atoms with van der Waals surface area (Å²) in [5, 5.41) is 0. The molecule has 0 saturated heterocycles. The number of hydrogen-bond donors (Lipinski definition) is 2. The molecule has 0 fully saturated rings. The van der Waals surface area contributed by atoms with Crippen LogP contribution in [-0.2, 0) is 17.3 Å². The van der Waals surface area contributed by atoms with Crippen molar-refractivity contribution in [2.45, 2.75) is 51.9 Å². The van der Waals surface area contributed by atoms with E-state index in [0.717, 1.165) is 6.42 Å². The van der Waals surface area contributed by atoms with Gasteiger partial charge >= 0.3 is 0 Å². The Morgan fingerprint density at radius 3 is 2.33 bits per heavy atom. The van der Waals surface area contributed by atoms with Gasteiger partial charge in [-0.2, -0.15) is 0 Å². The lowest BCUT2D eigenvalue weighted by atomic mass is 9.78. The Hall–Kier alpha value is -1.44. The number of aromatic nitrogens is 2. The van der Waals surface area contributed by atoms with Crippen LogP contribution in [-0.4, -0.2) is 9.97 Å². The molecule has 0 aliphatic heterocycles. The quantitative estimate of drug-likeness (QED) is 0.812. The predicted octanol–water partition coefficient (Wildman–Crippen LogP) is 4.16. The standard InChI is InChI=1S/C16H24N2/c1-15(2,3)13-11-17-10-12(13)9-16(4,5)14-7-6-8-18-14/h6-8,10-11,17-18H,9H2,1-5H3. The molecule has 2 aromatic heterocycles. The van der Waals surface area contributed by atoms with Crippen molar-refractivity contribution < 1.29 is 0 Å². The minimum absolute atomic E-state index is 0.131. The van der Waals surface area contributed by atoms with Gasteiger partial charge in [0.1, 0.15) is 0 Å². The maximum atomic E-state index is 3.34. The van der Waals surface area contributed by atoms with Crippen LogP contribution >= 0.6 is 0 Å². The van der Waals surface area contributed by atoms with Crippen molar-refractivity contribution in [3.05, 3.63) is 47.5 Å². The van der Waals surface area contributed by atoms with Crippen molar-refractivity contribution in [3.63, 3.8) is 0 Å². The maximum absolute atomic E-state index is 3.34. The highest BCUT2D eigenvalue weighted by Gasteiger charge is 2.26. The molecule has 0 aliphatic carbocycles. The fourth-order valence-corrected chi connectivity index (χ4v) is 2.56. The van der Waals surface area contributed by atoms with Gasteiger partial charge < -0.3 is 9.97 Å². The Morgan fingerprint density at radius 2 is 1.78 bits per heavy atom. The van der Waals surface area contributed by atoms with Crippen LogP contribution in [0.25, 0.3) is 0 Å². The molecule has 0 unspecified atom stereocenters. The normalized spacial score (nSPS) is 12.9. The number of nitrogens with one attached hydrogen (secondary N) is 2. The van der Waals surface area contributed by atoms with Gasteiger partial charge in [-0.25, -0.2) is 0 Å². The van der Waals surface area contributed by atoms with E-state index in [2.05, 4.69) is 69.1 Å². The van der Waals surface area contributed by atoms with Gasteiger partial charge in [-0.15, -0.1) is 0 Å². The summed E-state index contributed by atoms with van der Waals surface area (Å²) in [5.41, 5.74) is 4.46. The number of H-pyrrole nitrogens is 2. The Labute approximate surface area is 110 Å². The first-order chi connectivity index (χ1) is 8.31. The van der Waals surface area contributed by atoms with Crippen molar-refractivity contribution in [1.82, 2.24) is 9.97 Å². The predicted molar refractivity (Wildman–Crippen MR) is 77.0 cm³/mol.